The highest BCUT2D eigenvalue weighted by atomic mass is 35.5. The van der Waals surface area contributed by atoms with Crippen LogP contribution in [0.25, 0.3) is 0 Å². The Hall–Kier alpha value is -3.60. The third kappa shape index (κ3) is 8.31. The molecule has 9 N–H and O–H groups in total. The van der Waals surface area contributed by atoms with Crippen LogP contribution in [0.1, 0.15) is 35.0 Å². The number of amides is 1. The second kappa shape index (κ2) is 14.9. The smallest absolute Gasteiger partial charge is 0.351 e. The summed E-state index contributed by atoms with van der Waals surface area (Å²) in [7, 11) is 1.63. The number of carboxylic acid groups (broad SMARTS) is 1. The van der Waals surface area contributed by atoms with Gasteiger partial charge in [0, 0.05) is 37.8 Å². The second-order valence-electron chi connectivity index (χ2n) is 9.55. The molecule has 238 valence electrons. The number of anilines is 1. The fourth-order valence-electron chi connectivity index (χ4n) is 4.01. The number of nitrogens with zero attached hydrogens (tertiary/aromatic N) is 3. The number of aliphatic carboxylic acids is 1. The summed E-state index contributed by atoms with van der Waals surface area (Å²) in [4.78, 5) is 52.2. The first kappa shape index (κ1) is 34.9. The normalized spacial score (nSPS) is 19.2. The van der Waals surface area contributed by atoms with Crippen molar-refractivity contribution >= 4 is 76.0 Å². The number of benzene rings is 1. The monoisotopic (exact) mass is 692 g/mol. The van der Waals surface area contributed by atoms with Crippen LogP contribution >= 0.6 is 46.4 Å². The van der Waals surface area contributed by atoms with Crippen LogP contribution in [-0.2, 0) is 25.7 Å². The lowest BCUT2D eigenvalue weighted by atomic mass is 10.1. The highest BCUT2D eigenvalue weighted by Gasteiger charge is 2.35. The number of nitrogen functional groups attached to an aromatic ring is 1. The van der Waals surface area contributed by atoms with E-state index in [4.69, 9.17) is 78.5 Å². The molecule has 15 nitrogen and oxygen atoms in total. The Morgan fingerprint density at radius 2 is 1.86 bits per heavy atom. The van der Waals surface area contributed by atoms with Crippen molar-refractivity contribution in [2.45, 2.75) is 43.9 Å². The van der Waals surface area contributed by atoms with E-state index in [0.717, 1.165) is 4.57 Å². The van der Waals surface area contributed by atoms with Crippen LogP contribution < -0.4 is 28.2 Å². The van der Waals surface area contributed by atoms with Crippen molar-refractivity contribution in [2.75, 3.05) is 19.3 Å². The summed E-state index contributed by atoms with van der Waals surface area (Å²) in [6, 6.07) is -0.0702. The molecule has 0 fully saturated rings. The minimum absolute atomic E-state index is 0.0294. The Labute approximate surface area is 270 Å². The fraction of sp³-hybridized carbons (Fsp3) is 0.360. The zero-order valence-corrected chi connectivity index (χ0v) is 26.0. The quantitative estimate of drug-likeness (QED) is 0.0579. The maximum Gasteiger partial charge on any atom is 0.351 e. The SMILES string of the molecule is CN(CCC(N)CC(=O)N[C@H]1C=C[C@H](n2ccc(N)nc2=O)O[C@@H]1C(=O)O)C(=N)N.O=C1OCc2c(Cl)c(Cl)c(Cl)c(Cl)c21. The fourth-order valence-corrected chi connectivity index (χ4v) is 5.03. The number of carbonyl (C=O) groups excluding carboxylic acids is 2. The van der Waals surface area contributed by atoms with Crippen LogP contribution in [0.4, 0.5) is 5.82 Å². The average Bonchev–Trinajstić information content (AvgIpc) is 3.35. The van der Waals surface area contributed by atoms with Gasteiger partial charge in [-0.05, 0) is 18.6 Å². The molecule has 0 spiro atoms. The van der Waals surface area contributed by atoms with Crippen LogP contribution in [-0.4, -0.2) is 75.1 Å². The van der Waals surface area contributed by atoms with E-state index in [1.54, 1.807) is 7.05 Å². The van der Waals surface area contributed by atoms with E-state index < -0.39 is 48.0 Å². The number of esters is 1. The Morgan fingerprint density at radius 1 is 1.20 bits per heavy atom. The maximum atomic E-state index is 12.3. The van der Waals surface area contributed by atoms with Gasteiger partial charge in [0.2, 0.25) is 5.91 Å². The van der Waals surface area contributed by atoms with Gasteiger partial charge in [-0.3, -0.25) is 14.8 Å². The van der Waals surface area contributed by atoms with Gasteiger partial charge in [0.25, 0.3) is 0 Å². The van der Waals surface area contributed by atoms with E-state index in [2.05, 4.69) is 10.3 Å². The predicted octanol–water partition coefficient (Wildman–Crippen LogP) is 1.75. The highest BCUT2D eigenvalue weighted by molar-refractivity contribution is 6.53. The number of carboxylic acids is 1. The average molecular weight is 694 g/mol. The van der Waals surface area contributed by atoms with Gasteiger partial charge < -0.3 is 42.0 Å². The number of cyclic esters (lactones) is 1. The molecule has 44 heavy (non-hydrogen) atoms. The van der Waals surface area contributed by atoms with Gasteiger partial charge in [0.05, 0.1) is 31.7 Å². The number of fused-ring (bicyclic) bond motifs is 1. The van der Waals surface area contributed by atoms with Crippen LogP contribution in [0.2, 0.25) is 20.1 Å². The zero-order valence-electron chi connectivity index (χ0n) is 22.9. The Bertz CT molecular complexity index is 1550. The number of nitrogens with two attached hydrogens (primary N) is 3. The molecule has 1 unspecified atom stereocenters. The number of aromatic nitrogens is 2. The maximum absolute atomic E-state index is 12.3. The lowest BCUT2D eigenvalue weighted by Crippen LogP contribution is -2.51. The first-order chi connectivity index (χ1) is 20.6. The Balaban J connectivity index is 0.000000312. The zero-order chi connectivity index (χ0) is 32.9. The molecular weight excluding hydrogens is 666 g/mol. The molecule has 3 heterocycles. The summed E-state index contributed by atoms with van der Waals surface area (Å²) in [5.41, 5.74) is 16.7. The molecule has 4 atom stereocenters. The van der Waals surface area contributed by atoms with Crippen LogP contribution in [0.3, 0.4) is 0 Å². The first-order valence-corrected chi connectivity index (χ1v) is 14.2. The minimum atomic E-state index is -1.42. The van der Waals surface area contributed by atoms with Crippen molar-refractivity contribution in [3.8, 4) is 0 Å². The molecule has 2 aliphatic heterocycles. The molecule has 0 saturated heterocycles. The minimum Gasteiger partial charge on any atom is -0.479 e. The number of hydrogen-bond acceptors (Lipinski definition) is 10. The van der Waals surface area contributed by atoms with E-state index in [1.165, 1.54) is 29.3 Å². The molecule has 2 aromatic rings. The van der Waals surface area contributed by atoms with Gasteiger partial charge in [0.15, 0.2) is 18.3 Å². The van der Waals surface area contributed by atoms with Gasteiger partial charge in [-0.2, -0.15) is 4.98 Å². The molecule has 0 radical (unpaired) electrons. The number of halogens is 4. The van der Waals surface area contributed by atoms with Gasteiger partial charge in [-0.25, -0.2) is 14.4 Å². The van der Waals surface area contributed by atoms with Gasteiger partial charge >= 0.3 is 17.6 Å². The highest BCUT2D eigenvalue weighted by Crippen LogP contribution is 2.44. The lowest BCUT2D eigenvalue weighted by Gasteiger charge is -2.31. The van der Waals surface area contributed by atoms with Gasteiger partial charge in [-0.1, -0.05) is 52.5 Å². The van der Waals surface area contributed by atoms with Crippen molar-refractivity contribution < 1.29 is 29.0 Å². The number of hydrogen-bond donors (Lipinski definition) is 6. The number of guanidine groups is 1. The van der Waals surface area contributed by atoms with Crippen molar-refractivity contribution in [3.63, 3.8) is 0 Å². The van der Waals surface area contributed by atoms with Gasteiger partial charge in [0.1, 0.15) is 12.4 Å². The van der Waals surface area contributed by atoms with E-state index in [-0.39, 0.29) is 50.5 Å². The molecule has 0 saturated carbocycles. The lowest BCUT2D eigenvalue weighted by molar-refractivity contribution is -0.159. The Kier molecular flexibility index (Phi) is 11.8. The molecule has 0 bridgehead atoms. The number of ether oxygens (including phenoxy) is 2. The summed E-state index contributed by atoms with van der Waals surface area (Å²) in [5.74, 6) is -2.36. The van der Waals surface area contributed by atoms with E-state index in [9.17, 15) is 24.3 Å². The second-order valence-corrected chi connectivity index (χ2v) is 11.1. The molecule has 0 aliphatic carbocycles. The summed E-state index contributed by atoms with van der Waals surface area (Å²) in [5, 5.41) is 19.9. The first-order valence-electron chi connectivity index (χ1n) is 12.7. The summed E-state index contributed by atoms with van der Waals surface area (Å²) in [6.45, 7) is 0.490. The summed E-state index contributed by atoms with van der Waals surface area (Å²) < 4.78 is 11.3. The van der Waals surface area contributed by atoms with E-state index in [1.807, 2.05) is 0 Å². The van der Waals surface area contributed by atoms with Crippen molar-refractivity contribution in [3.05, 3.63) is 66.1 Å². The number of nitrogens with one attached hydrogen (secondary N) is 2. The van der Waals surface area contributed by atoms with Crippen LogP contribution in [0.5, 0.6) is 0 Å². The predicted molar refractivity (Wildman–Crippen MR) is 163 cm³/mol. The van der Waals surface area contributed by atoms with Crippen LogP contribution in [0.15, 0.2) is 29.2 Å². The molecular formula is C25H28Cl4N8O7. The largest absolute Gasteiger partial charge is 0.479 e. The third-order valence-corrected chi connectivity index (χ3v) is 8.24. The van der Waals surface area contributed by atoms with Gasteiger partial charge in [-0.15, -0.1) is 0 Å². The van der Waals surface area contributed by atoms with Crippen molar-refractivity contribution in [1.29, 1.82) is 5.41 Å². The molecule has 2 aliphatic rings. The molecule has 1 aromatic carbocycles. The summed E-state index contributed by atoms with van der Waals surface area (Å²) >= 11 is 23.3. The molecule has 4 rings (SSSR count). The molecule has 1 amide bonds. The Morgan fingerprint density at radius 3 is 2.48 bits per heavy atom. The number of carbonyl (C=O) groups is 3. The number of rotatable bonds is 8. The third-order valence-electron chi connectivity index (χ3n) is 6.40. The van der Waals surface area contributed by atoms with E-state index >= 15 is 0 Å². The molecule has 1 aromatic heterocycles. The van der Waals surface area contributed by atoms with Crippen LogP contribution in [0, 0.1) is 5.41 Å². The molecule has 19 heteroatoms. The topological polar surface area (TPSA) is 242 Å². The van der Waals surface area contributed by atoms with E-state index in [0.29, 0.717) is 18.5 Å². The van der Waals surface area contributed by atoms with Crippen molar-refractivity contribution in [1.82, 2.24) is 19.8 Å². The summed E-state index contributed by atoms with van der Waals surface area (Å²) in [6.07, 6.45) is 2.17. The standard InChI is InChI=1S/C17H26N8O5.C8H2Cl4O2/c1-24(16(20)21)6-4-9(18)8-12(26)22-10-2-3-13(30-14(10)15(27)28)25-7-5-11(19)23-17(25)29;9-4-2-1-14-8(13)3(2)5(10)7(12)6(4)11/h2-3,5,7,9-10,13-14H,4,6,8,18H2,1H3,(H3,20,21)(H,22,26)(H,27,28)(H2,19,23,29);1H2/t9?,10-,13+,14-;/m0./s1. The van der Waals surface area contributed by atoms with Crippen molar-refractivity contribution in [2.24, 2.45) is 11.5 Å².